The third-order valence-corrected chi connectivity index (χ3v) is 3.78. The van der Waals surface area contributed by atoms with E-state index in [-0.39, 0.29) is 22.6 Å². The molecule has 0 amide bonds. The Hall–Kier alpha value is -2.93. The molecule has 0 aliphatic carbocycles. The van der Waals surface area contributed by atoms with E-state index in [0.29, 0.717) is 17.1 Å². The molecule has 0 fully saturated rings. The summed E-state index contributed by atoms with van der Waals surface area (Å²) in [5, 5.41) is 13.6. The number of para-hydroxylation sites is 1. The lowest BCUT2D eigenvalue weighted by atomic mass is 10.0. The first-order valence-corrected chi connectivity index (χ1v) is 7.36. The number of hydrogen-bond donors (Lipinski definition) is 1. The van der Waals surface area contributed by atoms with Gasteiger partial charge in [0.1, 0.15) is 17.3 Å². The SMILES string of the molecule is COc1cccc(-c2onc(-c3cc(F)ccc3F)c2CO)c1OC. The lowest BCUT2D eigenvalue weighted by Crippen LogP contribution is -1.95. The monoisotopic (exact) mass is 347 g/mol. The summed E-state index contributed by atoms with van der Waals surface area (Å²) in [6.45, 7) is -0.482. The summed E-state index contributed by atoms with van der Waals surface area (Å²) in [7, 11) is 2.95. The molecule has 0 atom stereocenters. The summed E-state index contributed by atoms with van der Waals surface area (Å²) >= 11 is 0. The van der Waals surface area contributed by atoms with Crippen LogP contribution < -0.4 is 9.47 Å². The van der Waals surface area contributed by atoms with Crippen LogP contribution in [0.5, 0.6) is 11.5 Å². The first-order chi connectivity index (χ1) is 12.1. The van der Waals surface area contributed by atoms with Gasteiger partial charge in [0.25, 0.3) is 0 Å². The fourth-order valence-electron chi connectivity index (χ4n) is 2.62. The maximum Gasteiger partial charge on any atom is 0.176 e. The zero-order chi connectivity index (χ0) is 18.0. The van der Waals surface area contributed by atoms with Gasteiger partial charge in [-0.25, -0.2) is 8.78 Å². The van der Waals surface area contributed by atoms with Gasteiger partial charge in [0, 0.05) is 5.56 Å². The Balaban J connectivity index is 2.21. The second kappa shape index (κ2) is 6.90. The van der Waals surface area contributed by atoms with E-state index in [1.165, 1.54) is 14.2 Å². The van der Waals surface area contributed by atoms with Crippen LogP contribution in [0.2, 0.25) is 0 Å². The standard InChI is InChI=1S/C18H15F2NO4/c1-23-15-5-3-4-11(18(15)24-2)17-13(9-22)16(21-25-17)12-8-10(19)6-7-14(12)20/h3-8,22H,9H2,1-2H3. The number of benzene rings is 2. The van der Waals surface area contributed by atoms with Gasteiger partial charge in [-0.3, -0.25) is 0 Å². The van der Waals surface area contributed by atoms with E-state index < -0.39 is 18.2 Å². The number of nitrogens with zero attached hydrogens (tertiary/aromatic N) is 1. The molecule has 1 heterocycles. The summed E-state index contributed by atoms with van der Waals surface area (Å²) in [5.41, 5.74) is 0.623. The number of ether oxygens (including phenoxy) is 2. The van der Waals surface area contributed by atoms with Crippen LogP contribution in [0, 0.1) is 11.6 Å². The normalized spacial score (nSPS) is 10.8. The van der Waals surface area contributed by atoms with Gasteiger partial charge < -0.3 is 19.1 Å². The van der Waals surface area contributed by atoms with Crippen LogP contribution in [-0.4, -0.2) is 24.5 Å². The predicted molar refractivity (Wildman–Crippen MR) is 86.3 cm³/mol. The largest absolute Gasteiger partial charge is 0.493 e. The molecule has 0 saturated carbocycles. The Morgan fingerprint density at radius 3 is 2.56 bits per heavy atom. The number of halogens is 2. The van der Waals surface area contributed by atoms with Crippen molar-refractivity contribution < 1.29 is 27.9 Å². The van der Waals surface area contributed by atoms with Crippen molar-refractivity contribution in [2.24, 2.45) is 0 Å². The molecule has 0 aliphatic heterocycles. The topological polar surface area (TPSA) is 64.7 Å². The molecule has 0 radical (unpaired) electrons. The van der Waals surface area contributed by atoms with Crippen LogP contribution in [0.3, 0.4) is 0 Å². The Kier molecular flexibility index (Phi) is 4.67. The van der Waals surface area contributed by atoms with Crippen molar-refractivity contribution in [1.29, 1.82) is 0 Å². The Bertz CT molecular complexity index is 908. The number of aliphatic hydroxyl groups is 1. The van der Waals surface area contributed by atoms with Crippen molar-refractivity contribution in [3.05, 3.63) is 53.6 Å². The lowest BCUT2D eigenvalue weighted by Gasteiger charge is -2.11. The third kappa shape index (κ3) is 2.94. The molecule has 7 heteroatoms. The maximum atomic E-state index is 14.1. The summed E-state index contributed by atoms with van der Waals surface area (Å²) in [5.74, 6) is -0.268. The second-order valence-electron chi connectivity index (χ2n) is 5.16. The number of aromatic nitrogens is 1. The van der Waals surface area contributed by atoms with Crippen LogP contribution in [0.25, 0.3) is 22.6 Å². The van der Waals surface area contributed by atoms with Crippen molar-refractivity contribution in [2.45, 2.75) is 6.61 Å². The van der Waals surface area contributed by atoms with Gasteiger partial charge in [-0.05, 0) is 30.3 Å². The molecule has 0 bridgehead atoms. The Morgan fingerprint density at radius 2 is 1.88 bits per heavy atom. The number of hydrogen-bond acceptors (Lipinski definition) is 5. The molecule has 0 saturated heterocycles. The highest BCUT2D eigenvalue weighted by Crippen LogP contribution is 2.41. The van der Waals surface area contributed by atoms with E-state index in [1.807, 2.05) is 0 Å². The molecule has 25 heavy (non-hydrogen) atoms. The zero-order valence-electron chi connectivity index (χ0n) is 13.5. The van der Waals surface area contributed by atoms with Gasteiger partial charge >= 0.3 is 0 Å². The average Bonchev–Trinajstić information content (AvgIpc) is 3.06. The molecule has 3 aromatic rings. The smallest absolute Gasteiger partial charge is 0.176 e. The second-order valence-corrected chi connectivity index (χ2v) is 5.16. The van der Waals surface area contributed by atoms with Gasteiger partial charge in [-0.2, -0.15) is 0 Å². The number of aliphatic hydroxyl groups excluding tert-OH is 1. The van der Waals surface area contributed by atoms with E-state index >= 15 is 0 Å². The molecule has 1 N–H and O–H groups in total. The number of methoxy groups -OCH3 is 2. The predicted octanol–water partition coefficient (Wildman–Crippen LogP) is 3.80. The summed E-state index contributed by atoms with van der Waals surface area (Å²) in [6, 6.07) is 8.09. The Morgan fingerprint density at radius 1 is 1.08 bits per heavy atom. The van der Waals surface area contributed by atoms with Crippen molar-refractivity contribution >= 4 is 0 Å². The quantitative estimate of drug-likeness (QED) is 0.761. The summed E-state index contributed by atoms with van der Waals surface area (Å²) in [4.78, 5) is 0. The van der Waals surface area contributed by atoms with Gasteiger partial charge in [0.2, 0.25) is 0 Å². The minimum Gasteiger partial charge on any atom is -0.493 e. The van der Waals surface area contributed by atoms with E-state index in [9.17, 15) is 13.9 Å². The van der Waals surface area contributed by atoms with Crippen molar-refractivity contribution in [3.8, 4) is 34.1 Å². The molecule has 0 aliphatic rings. The minimum atomic E-state index is -0.673. The zero-order valence-corrected chi connectivity index (χ0v) is 13.5. The van der Waals surface area contributed by atoms with Gasteiger partial charge in [-0.15, -0.1) is 0 Å². The third-order valence-electron chi connectivity index (χ3n) is 3.78. The maximum absolute atomic E-state index is 14.1. The molecular weight excluding hydrogens is 332 g/mol. The van der Waals surface area contributed by atoms with E-state index in [4.69, 9.17) is 14.0 Å². The van der Waals surface area contributed by atoms with Crippen molar-refractivity contribution in [1.82, 2.24) is 5.16 Å². The number of rotatable bonds is 5. The van der Waals surface area contributed by atoms with Gasteiger partial charge in [-0.1, -0.05) is 11.2 Å². The van der Waals surface area contributed by atoms with Crippen LogP contribution in [-0.2, 0) is 6.61 Å². The van der Waals surface area contributed by atoms with Crippen molar-refractivity contribution in [2.75, 3.05) is 14.2 Å². The molecule has 0 spiro atoms. The fraction of sp³-hybridized carbons (Fsp3) is 0.167. The average molecular weight is 347 g/mol. The molecule has 3 rings (SSSR count). The molecule has 130 valence electrons. The van der Waals surface area contributed by atoms with Crippen LogP contribution in [0.15, 0.2) is 40.9 Å². The van der Waals surface area contributed by atoms with Crippen LogP contribution >= 0.6 is 0 Å². The highest BCUT2D eigenvalue weighted by molar-refractivity contribution is 5.77. The molecule has 1 aromatic heterocycles. The van der Waals surface area contributed by atoms with E-state index in [2.05, 4.69) is 5.16 Å². The fourth-order valence-corrected chi connectivity index (χ4v) is 2.62. The highest BCUT2D eigenvalue weighted by Gasteiger charge is 2.24. The van der Waals surface area contributed by atoms with E-state index in [1.54, 1.807) is 18.2 Å². The molecule has 2 aromatic carbocycles. The Labute approximate surface area is 142 Å². The van der Waals surface area contributed by atoms with Gasteiger partial charge in [0.05, 0.1) is 32.0 Å². The van der Waals surface area contributed by atoms with Gasteiger partial charge in [0.15, 0.2) is 17.3 Å². The van der Waals surface area contributed by atoms with Crippen LogP contribution in [0.1, 0.15) is 5.56 Å². The molecule has 5 nitrogen and oxygen atoms in total. The first kappa shape index (κ1) is 16.9. The summed E-state index contributed by atoms with van der Waals surface area (Å²) < 4.78 is 43.5. The highest BCUT2D eigenvalue weighted by atomic mass is 19.1. The summed E-state index contributed by atoms with van der Waals surface area (Å²) in [6.07, 6.45) is 0. The molecular formula is C18H15F2NO4. The van der Waals surface area contributed by atoms with Crippen LogP contribution in [0.4, 0.5) is 8.78 Å². The van der Waals surface area contributed by atoms with E-state index in [0.717, 1.165) is 18.2 Å². The minimum absolute atomic E-state index is 0.0272. The molecule has 0 unspecified atom stereocenters. The first-order valence-electron chi connectivity index (χ1n) is 7.36. The lowest BCUT2D eigenvalue weighted by molar-refractivity contribution is 0.281. The van der Waals surface area contributed by atoms with Crippen molar-refractivity contribution in [3.63, 3.8) is 0 Å².